The Labute approximate surface area is 234 Å². The van der Waals surface area contributed by atoms with Crippen LogP contribution in [0, 0.1) is 0 Å². The van der Waals surface area contributed by atoms with Crippen molar-refractivity contribution >= 4 is 21.4 Å². The molecule has 0 saturated heterocycles. The molecule has 0 unspecified atom stereocenters. The van der Waals surface area contributed by atoms with E-state index < -0.39 is 9.84 Å². The van der Waals surface area contributed by atoms with Crippen molar-refractivity contribution in [2.45, 2.75) is 18.0 Å². The molecule has 1 aliphatic heterocycles. The van der Waals surface area contributed by atoms with Crippen molar-refractivity contribution in [1.82, 2.24) is 10.3 Å². The molecule has 9 heteroatoms. The number of hydrogen-bond donors (Lipinski definition) is 1. The molecule has 1 aliphatic rings. The molecular weight excluding hydrogens is 526 g/mol. The van der Waals surface area contributed by atoms with E-state index in [1.165, 1.54) is 6.07 Å². The van der Waals surface area contributed by atoms with Gasteiger partial charge < -0.3 is 19.7 Å². The largest absolute Gasteiger partial charge is 0.496 e. The van der Waals surface area contributed by atoms with Crippen molar-refractivity contribution in [2.75, 3.05) is 38.5 Å². The molecule has 0 aliphatic carbocycles. The zero-order chi connectivity index (χ0) is 28.3. The number of benzene rings is 3. The van der Waals surface area contributed by atoms with Gasteiger partial charge in [0.2, 0.25) is 0 Å². The number of fused-ring (bicyclic) bond motifs is 1. The van der Waals surface area contributed by atoms with Crippen LogP contribution in [0.25, 0.3) is 22.3 Å². The lowest BCUT2D eigenvalue weighted by molar-refractivity contribution is 0.0950. The minimum Gasteiger partial charge on any atom is -0.496 e. The van der Waals surface area contributed by atoms with E-state index in [4.69, 9.17) is 9.47 Å². The minimum atomic E-state index is -3.50. The lowest BCUT2D eigenvalue weighted by Gasteiger charge is -2.16. The fraction of sp³-hybridized carbons (Fsp3) is 0.226. The molecule has 1 N–H and O–H groups in total. The maximum absolute atomic E-state index is 12.9. The number of hydrogen-bond acceptors (Lipinski definition) is 7. The van der Waals surface area contributed by atoms with Crippen LogP contribution in [0.5, 0.6) is 5.75 Å². The molecule has 5 rings (SSSR count). The van der Waals surface area contributed by atoms with E-state index in [2.05, 4.69) is 39.5 Å². The van der Waals surface area contributed by atoms with Crippen LogP contribution in [0.4, 0.5) is 5.69 Å². The molecule has 8 nitrogen and oxygen atoms in total. The number of anilines is 1. The third-order valence-electron chi connectivity index (χ3n) is 6.87. The van der Waals surface area contributed by atoms with Crippen LogP contribution in [-0.4, -0.2) is 52.9 Å². The highest BCUT2D eigenvalue weighted by molar-refractivity contribution is 7.91. The first-order chi connectivity index (χ1) is 19.2. The van der Waals surface area contributed by atoms with Gasteiger partial charge >= 0.3 is 0 Å². The zero-order valence-corrected chi connectivity index (χ0v) is 23.5. The predicted octanol–water partition coefficient (Wildman–Crippen LogP) is 4.72. The second kappa shape index (κ2) is 11.5. The van der Waals surface area contributed by atoms with Crippen LogP contribution < -0.4 is 15.0 Å². The highest BCUT2D eigenvalue weighted by Crippen LogP contribution is 2.35. The first-order valence-corrected chi connectivity index (χ1v) is 14.5. The van der Waals surface area contributed by atoms with Crippen LogP contribution in [0.2, 0.25) is 0 Å². The first-order valence-electron chi connectivity index (χ1n) is 12.9. The fourth-order valence-corrected chi connectivity index (χ4v) is 6.05. The summed E-state index contributed by atoms with van der Waals surface area (Å²) in [4.78, 5) is 19.6. The lowest BCUT2D eigenvalue weighted by Crippen LogP contribution is -2.23. The number of carbonyl (C=O) groups is 1. The number of nitrogens with zero attached hydrogens (tertiary/aromatic N) is 2. The second-order valence-corrected chi connectivity index (χ2v) is 11.8. The normalized spacial score (nSPS) is 14.1. The van der Waals surface area contributed by atoms with Crippen molar-refractivity contribution in [1.29, 1.82) is 0 Å². The highest BCUT2D eigenvalue weighted by Gasteiger charge is 2.23. The summed E-state index contributed by atoms with van der Waals surface area (Å²) in [5.41, 5.74) is 6.55. The Kier molecular flexibility index (Phi) is 7.86. The van der Waals surface area contributed by atoms with Gasteiger partial charge in [-0.1, -0.05) is 24.3 Å². The van der Waals surface area contributed by atoms with Gasteiger partial charge in [0.1, 0.15) is 5.75 Å². The predicted molar refractivity (Wildman–Crippen MR) is 155 cm³/mol. The summed E-state index contributed by atoms with van der Waals surface area (Å²) in [6.07, 6.45) is 1.71. The number of rotatable bonds is 7. The molecule has 0 spiro atoms. The Balaban J connectivity index is 1.36. The number of methoxy groups -OCH3 is 1. The Morgan fingerprint density at radius 3 is 2.62 bits per heavy atom. The topological polar surface area (TPSA) is 97.8 Å². The molecular formula is C31H31N3O5S. The minimum absolute atomic E-state index is 0.101. The van der Waals surface area contributed by atoms with Crippen LogP contribution in [0.1, 0.15) is 21.6 Å². The number of aromatic nitrogens is 1. The summed E-state index contributed by atoms with van der Waals surface area (Å²) >= 11 is 0. The summed E-state index contributed by atoms with van der Waals surface area (Å²) in [6, 6.07) is 22.8. The number of carbonyl (C=O) groups excluding carboxylic acids is 1. The van der Waals surface area contributed by atoms with Gasteiger partial charge in [0.15, 0.2) is 9.84 Å². The van der Waals surface area contributed by atoms with Gasteiger partial charge in [-0.3, -0.25) is 9.78 Å². The van der Waals surface area contributed by atoms with Crippen molar-refractivity contribution in [3.05, 3.63) is 95.8 Å². The second-order valence-electron chi connectivity index (χ2n) is 9.77. The average molecular weight is 558 g/mol. The Bertz CT molecular complexity index is 1670. The van der Waals surface area contributed by atoms with E-state index in [-0.39, 0.29) is 41.9 Å². The molecule has 0 bridgehead atoms. The average Bonchev–Trinajstić information content (AvgIpc) is 3.12. The summed E-state index contributed by atoms with van der Waals surface area (Å²) in [6.45, 7) is 0.535. The molecule has 4 aromatic rings. The molecule has 3 aromatic carbocycles. The van der Waals surface area contributed by atoms with Gasteiger partial charge in [-0.2, -0.15) is 0 Å². The number of amides is 1. The monoisotopic (exact) mass is 557 g/mol. The van der Waals surface area contributed by atoms with Gasteiger partial charge in [0, 0.05) is 37.1 Å². The third kappa shape index (κ3) is 5.85. The zero-order valence-electron chi connectivity index (χ0n) is 22.7. The van der Waals surface area contributed by atoms with Crippen LogP contribution >= 0.6 is 0 Å². The van der Waals surface area contributed by atoms with Crippen LogP contribution in [0.15, 0.2) is 83.9 Å². The van der Waals surface area contributed by atoms with Crippen molar-refractivity contribution in [3.8, 4) is 28.0 Å². The molecule has 0 radical (unpaired) electrons. The number of sulfone groups is 1. The van der Waals surface area contributed by atoms with E-state index in [9.17, 15) is 13.2 Å². The van der Waals surface area contributed by atoms with E-state index in [0.29, 0.717) is 11.3 Å². The van der Waals surface area contributed by atoms with Gasteiger partial charge in [-0.25, -0.2) is 8.42 Å². The van der Waals surface area contributed by atoms with E-state index in [1.807, 2.05) is 44.4 Å². The highest BCUT2D eigenvalue weighted by atomic mass is 32.2. The van der Waals surface area contributed by atoms with E-state index in [1.54, 1.807) is 25.4 Å². The smallest absolute Gasteiger partial charge is 0.251 e. The van der Waals surface area contributed by atoms with Crippen LogP contribution in [-0.2, 0) is 27.7 Å². The summed E-state index contributed by atoms with van der Waals surface area (Å²) < 4.78 is 36.2. The molecule has 0 atom stereocenters. The first kappa shape index (κ1) is 27.4. The SMILES string of the molecule is COc1ccc(-c2ccnc(CNC(=O)c3ccc4c(c3)S(=O)(=O)CCOC4)c2)cc1-c1cccc(N(C)C)c1. The maximum Gasteiger partial charge on any atom is 0.251 e. The molecule has 0 fully saturated rings. The van der Waals surface area contributed by atoms with Crippen molar-refractivity contribution < 1.29 is 22.7 Å². The summed E-state index contributed by atoms with van der Waals surface area (Å²) in [5, 5.41) is 2.86. The standard InChI is InChI=1S/C31H31N3O5S/c1-34(2)27-6-4-5-23(16-27)28-17-21(9-10-29(28)38-3)22-11-12-32-26(15-22)19-33-31(35)24-7-8-25-20-39-13-14-40(36,37)30(25)18-24/h4-12,15-18H,13-14,19-20H2,1-3H3,(H,33,35). The van der Waals surface area contributed by atoms with Gasteiger partial charge in [0.05, 0.1) is 43.2 Å². The maximum atomic E-state index is 12.9. The molecule has 1 aromatic heterocycles. The lowest BCUT2D eigenvalue weighted by atomic mass is 9.97. The Morgan fingerprint density at radius 1 is 1.00 bits per heavy atom. The molecule has 206 valence electrons. The number of ether oxygens (including phenoxy) is 2. The molecule has 2 heterocycles. The number of nitrogens with one attached hydrogen (secondary N) is 1. The Hall–Kier alpha value is -4.21. The quantitative estimate of drug-likeness (QED) is 0.351. The van der Waals surface area contributed by atoms with Gasteiger partial charge in [0.25, 0.3) is 5.91 Å². The van der Waals surface area contributed by atoms with Gasteiger partial charge in [-0.05, 0) is 70.8 Å². The fourth-order valence-electron chi connectivity index (χ4n) is 4.66. The summed E-state index contributed by atoms with van der Waals surface area (Å²) in [7, 11) is 2.17. The number of pyridine rings is 1. The Morgan fingerprint density at radius 2 is 1.82 bits per heavy atom. The van der Waals surface area contributed by atoms with Gasteiger partial charge in [-0.15, -0.1) is 0 Å². The van der Waals surface area contributed by atoms with Crippen LogP contribution in [0.3, 0.4) is 0 Å². The third-order valence-corrected chi connectivity index (χ3v) is 8.63. The molecule has 0 saturated carbocycles. The molecule has 1 amide bonds. The van der Waals surface area contributed by atoms with E-state index in [0.717, 1.165) is 33.7 Å². The molecule has 40 heavy (non-hydrogen) atoms. The van der Waals surface area contributed by atoms with Crippen molar-refractivity contribution in [2.24, 2.45) is 0 Å². The van der Waals surface area contributed by atoms with E-state index >= 15 is 0 Å². The van der Waals surface area contributed by atoms with Crippen molar-refractivity contribution in [3.63, 3.8) is 0 Å². The summed E-state index contributed by atoms with van der Waals surface area (Å²) in [5.74, 6) is 0.300.